The lowest BCUT2D eigenvalue weighted by atomic mass is 10.0. The van der Waals surface area contributed by atoms with Crippen molar-refractivity contribution < 1.29 is 8.78 Å². The van der Waals surface area contributed by atoms with E-state index in [4.69, 9.17) is 5.26 Å². The fourth-order valence-electron chi connectivity index (χ4n) is 1.85. The average Bonchev–Trinajstić information content (AvgIpc) is 2.45. The van der Waals surface area contributed by atoms with Gasteiger partial charge in [-0.05, 0) is 27.6 Å². The number of nitrogens with zero attached hydrogens (tertiary/aromatic N) is 1. The Balaban J connectivity index is 2.30. The van der Waals surface area contributed by atoms with Crippen LogP contribution in [0.2, 0.25) is 0 Å². The number of halogens is 3. The monoisotopic (exact) mass is 336 g/mol. The third-order valence-corrected chi connectivity index (χ3v) is 3.44. The summed E-state index contributed by atoms with van der Waals surface area (Å²) in [6.07, 6.45) is 0.179. The van der Waals surface area contributed by atoms with E-state index in [1.165, 1.54) is 6.07 Å². The molecule has 0 bridgehead atoms. The molecule has 2 aromatic rings. The minimum absolute atomic E-state index is 0.155. The van der Waals surface area contributed by atoms with E-state index < -0.39 is 11.6 Å². The highest BCUT2D eigenvalue weighted by atomic mass is 79.9. The molecule has 0 aliphatic rings. The van der Waals surface area contributed by atoms with Crippen LogP contribution in [0, 0.1) is 23.0 Å². The van der Waals surface area contributed by atoms with Crippen LogP contribution in [0.25, 0.3) is 0 Å². The summed E-state index contributed by atoms with van der Waals surface area (Å²) < 4.78 is 27.1. The largest absolute Gasteiger partial charge is 0.375 e. The number of hydrogen-bond donors (Lipinski definition) is 1. The van der Waals surface area contributed by atoms with Crippen LogP contribution < -0.4 is 5.32 Å². The summed E-state index contributed by atoms with van der Waals surface area (Å²) in [5, 5.41) is 11.8. The molecule has 2 rings (SSSR count). The minimum atomic E-state index is -0.690. The van der Waals surface area contributed by atoms with Crippen LogP contribution in [0.5, 0.6) is 0 Å². The van der Waals surface area contributed by atoms with Gasteiger partial charge >= 0.3 is 0 Å². The summed E-state index contributed by atoms with van der Waals surface area (Å²) in [6.45, 7) is 0. The number of nitriles is 1. The Labute approximate surface area is 124 Å². The smallest absolute Gasteiger partial charge is 0.149 e. The molecular formula is C15H11BrF2N2. The Morgan fingerprint density at radius 2 is 1.85 bits per heavy atom. The van der Waals surface area contributed by atoms with Gasteiger partial charge in [0.25, 0.3) is 0 Å². The summed E-state index contributed by atoms with van der Waals surface area (Å²) in [5.74, 6) is -1.35. The average molecular weight is 337 g/mol. The highest BCUT2D eigenvalue weighted by molar-refractivity contribution is 9.10. The van der Waals surface area contributed by atoms with Gasteiger partial charge in [0.05, 0.1) is 28.7 Å². The molecule has 0 aliphatic heterocycles. The summed E-state index contributed by atoms with van der Waals surface area (Å²) in [4.78, 5) is 0. The van der Waals surface area contributed by atoms with Crippen molar-refractivity contribution in [3.63, 3.8) is 0 Å². The predicted octanol–water partition coefficient (Wildman–Crippen LogP) is 4.79. The highest BCUT2D eigenvalue weighted by Crippen LogP contribution is 2.28. The molecule has 2 nitrogen and oxygen atoms in total. The van der Waals surface area contributed by atoms with Crippen molar-refractivity contribution in [1.29, 1.82) is 5.26 Å². The van der Waals surface area contributed by atoms with E-state index in [0.29, 0.717) is 0 Å². The topological polar surface area (TPSA) is 35.8 Å². The molecule has 0 saturated heterocycles. The Morgan fingerprint density at radius 1 is 1.15 bits per heavy atom. The van der Waals surface area contributed by atoms with E-state index in [9.17, 15) is 8.78 Å². The molecule has 1 unspecified atom stereocenters. The standard InChI is InChI=1S/C15H11BrF2N2/c16-11-8-15(13(18)9-12(11)17)20-14(6-7-19)10-4-2-1-3-5-10/h1-5,8-9,14,20H,6H2. The first-order chi connectivity index (χ1) is 9.61. The normalized spacial score (nSPS) is 11.7. The van der Waals surface area contributed by atoms with Gasteiger partial charge in [-0.2, -0.15) is 5.26 Å². The molecule has 0 saturated carbocycles. The Bertz CT molecular complexity index is 638. The van der Waals surface area contributed by atoms with Crippen LogP contribution in [0.1, 0.15) is 18.0 Å². The maximum atomic E-state index is 13.7. The van der Waals surface area contributed by atoms with Crippen LogP contribution >= 0.6 is 15.9 Å². The first-order valence-electron chi connectivity index (χ1n) is 5.95. The molecule has 1 atom stereocenters. The summed E-state index contributed by atoms with van der Waals surface area (Å²) >= 11 is 3.02. The zero-order valence-corrected chi connectivity index (χ0v) is 12.0. The van der Waals surface area contributed by atoms with Crippen LogP contribution in [-0.4, -0.2) is 0 Å². The number of hydrogen-bond acceptors (Lipinski definition) is 2. The molecule has 1 N–H and O–H groups in total. The third kappa shape index (κ3) is 3.34. The zero-order chi connectivity index (χ0) is 14.5. The summed E-state index contributed by atoms with van der Waals surface area (Å²) in [6, 6.07) is 13.1. The number of anilines is 1. The molecule has 0 heterocycles. The van der Waals surface area contributed by atoms with E-state index in [0.717, 1.165) is 11.6 Å². The molecule has 0 aliphatic carbocycles. The van der Waals surface area contributed by atoms with E-state index in [-0.39, 0.29) is 22.6 Å². The van der Waals surface area contributed by atoms with Crippen molar-refractivity contribution in [2.24, 2.45) is 0 Å². The van der Waals surface area contributed by atoms with Crippen molar-refractivity contribution in [3.8, 4) is 6.07 Å². The van der Waals surface area contributed by atoms with Gasteiger partial charge in [-0.15, -0.1) is 0 Å². The maximum Gasteiger partial charge on any atom is 0.149 e. The van der Waals surface area contributed by atoms with Crippen LogP contribution in [0.4, 0.5) is 14.5 Å². The van der Waals surface area contributed by atoms with Crippen molar-refractivity contribution in [1.82, 2.24) is 0 Å². The SMILES string of the molecule is N#CCC(Nc1cc(Br)c(F)cc1F)c1ccccc1. The fraction of sp³-hybridized carbons (Fsp3) is 0.133. The first-order valence-corrected chi connectivity index (χ1v) is 6.74. The molecule has 20 heavy (non-hydrogen) atoms. The van der Waals surface area contributed by atoms with Gasteiger partial charge in [-0.3, -0.25) is 0 Å². The molecule has 0 spiro atoms. The maximum absolute atomic E-state index is 13.7. The van der Waals surface area contributed by atoms with Gasteiger partial charge < -0.3 is 5.32 Å². The quantitative estimate of drug-likeness (QED) is 0.814. The molecular weight excluding hydrogens is 326 g/mol. The Kier molecular flexibility index (Phi) is 4.70. The van der Waals surface area contributed by atoms with Crippen LogP contribution in [0.15, 0.2) is 46.9 Å². The van der Waals surface area contributed by atoms with Crippen molar-refractivity contribution in [2.45, 2.75) is 12.5 Å². The lowest BCUT2D eigenvalue weighted by Crippen LogP contribution is -2.11. The van der Waals surface area contributed by atoms with Gasteiger partial charge in [0.1, 0.15) is 11.6 Å². The van der Waals surface area contributed by atoms with E-state index in [1.54, 1.807) is 0 Å². The molecule has 0 radical (unpaired) electrons. The Hall–Kier alpha value is -1.93. The van der Waals surface area contributed by atoms with Crippen molar-refractivity contribution >= 4 is 21.6 Å². The predicted molar refractivity (Wildman–Crippen MR) is 77.1 cm³/mol. The first kappa shape index (κ1) is 14.5. The second-order valence-corrected chi connectivity index (χ2v) is 5.07. The van der Waals surface area contributed by atoms with Gasteiger partial charge in [0.2, 0.25) is 0 Å². The number of rotatable bonds is 4. The molecule has 0 fully saturated rings. The molecule has 2 aromatic carbocycles. The fourth-order valence-corrected chi connectivity index (χ4v) is 2.19. The van der Waals surface area contributed by atoms with Gasteiger partial charge in [-0.1, -0.05) is 30.3 Å². The molecule has 0 aromatic heterocycles. The zero-order valence-electron chi connectivity index (χ0n) is 10.4. The number of benzene rings is 2. The van der Waals surface area contributed by atoms with Crippen molar-refractivity contribution in [2.75, 3.05) is 5.32 Å². The summed E-state index contributed by atoms with van der Waals surface area (Å²) in [5.41, 5.74) is 1.02. The third-order valence-electron chi connectivity index (χ3n) is 2.84. The van der Waals surface area contributed by atoms with Gasteiger partial charge in [0.15, 0.2) is 0 Å². The highest BCUT2D eigenvalue weighted by Gasteiger charge is 2.15. The number of nitrogens with one attached hydrogen (secondary N) is 1. The lowest BCUT2D eigenvalue weighted by Gasteiger charge is -2.18. The van der Waals surface area contributed by atoms with Crippen molar-refractivity contribution in [3.05, 3.63) is 64.1 Å². The second-order valence-electron chi connectivity index (χ2n) is 4.22. The molecule has 5 heteroatoms. The summed E-state index contributed by atoms with van der Waals surface area (Å²) in [7, 11) is 0. The second kappa shape index (κ2) is 6.49. The van der Waals surface area contributed by atoms with E-state index in [1.807, 2.05) is 30.3 Å². The Morgan fingerprint density at radius 3 is 2.50 bits per heavy atom. The lowest BCUT2D eigenvalue weighted by molar-refractivity contribution is 0.579. The molecule has 0 amide bonds. The van der Waals surface area contributed by atoms with Crippen LogP contribution in [0.3, 0.4) is 0 Å². The van der Waals surface area contributed by atoms with E-state index in [2.05, 4.69) is 27.3 Å². The van der Waals surface area contributed by atoms with Crippen LogP contribution in [-0.2, 0) is 0 Å². The van der Waals surface area contributed by atoms with Gasteiger partial charge in [0, 0.05) is 6.07 Å². The van der Waals surface area contributed by atoms with Gasteiger partial charge in [-0.25, -0.2) is 8.78 Å². The van der Waals surface area contributed by atoms with E-state index >= 15 is 0 Å². The molecule has 102 valence electrons. The minimum Gasteiger partial charge on any atom is -0.375 e.